The highest BCUT2D eigenvalue weighted by Crippen LogP contribution is 2.45. The van der Waals surface area contributed by atoms with Crippen molar-refractivity contribution >= 4 is 147 Å². The van der Waals surface area contributed by atoms with Gasteiger partial charge in [0.2, 0.25) is 0 Å². The van der Waals surface area contributed by atoms with Gasteiger partial charge in [0.15, 0.2) is 34.5 Å². The summed E-state index contributed by atoms with van der Waals surface area (Å²) in [5, 5.41) is 57.1. The van der Waals surface area contributed by atoms with Crippen molar-refractivity contribution in [1.82, 2.24) is 68.9 Å². The first-order chi connectivity index (χ1) is 65.8. The van der Waals surface area contributed by atoms with Gasteiger partial charge in [0.25, 0.3) is 11.4 Å². The van der Waals surface area contributed by atoms with E-state index in [9.17, 15) is 44.5 Å². The number of nitrogens with two attached hydrogens (primary N) is 2. The first-order valence-corrected chi connectivity index (χ1v) is 45.1. The average Bonchev–Trinajstić information content (AvgIpc) is 1.60. The van der Waals surface area contributed by atoms with E-state index in [1.54, 1.807) is 107 Å². The molecule has 5 aliphatic heterocycles. The molecule has 6 aromatic carbocycles. The van der Waals surface area contributed by atoms with Gasteiger partial charge in [-0.3, -0.25) is 68.6 Å². The van der Waals surface area contributed by atoms with Crippen LogP contribution in [0.1, 0.15) is 113 Å². The van der Waals surface area contributed by atoms with Gasteiger partial charge in [0.05, 0.1) is 81.5 Å². The molecule has 713 valence electrons. The van der Waals surface area contributed by atoms with Crippen molar-refractivity contribution in [3.63, 3.8) is 0 Å². The summed E-state index contributed by atoms with van der Waals surface area (Å²) < 4.78 is 56.2. The number of carbonyl (C=O) groups excluding carboxylic acids is 1. The summed E-state index contributed by atoms with van der Waals surface area (Å²) in [7, 11) is 0.604. The number of rotatable bonds is 12. The van der Waals surface area contributed by atoms with Crippen LogP contribution in [0.15, 0.2) is 267 Å². The number of H-pyrrole nitrogens is 3. The molecule has 37 nitrogen and oxygen atoms in total. The second-order valence-electron chi connectivity index (χ2n) is 30.2. The van der Waals surface area contributed by atoms with Crippen LogP contribution >= 0.6 is 78.1 Å². The van der Waals surface area contributed by atoms with E-state index in [1.165, 1.54) is 24.3 Å². The number of aromatic amines is 3. The quantitative estimate of drug-likeness (QED) is 0.00823. The Morgan fingerprint density at radius 2 is 1.04 bits per heavy atom. The second kappa shape index (κ2) is 47.8. The van der Waals surface area contributed by atoms with Crippen LogP contribution in [0.5, 0.6) is 40.2 Å². The Morgan fingerprint density at radius 1 is 0.565 bits per heavy atom. The summed E-state index contributed by atoms with van der Waals surface area (Å²) in [6.07, 6.45) is 11.2. The molecular formula is C96H94BBr2I2N18O19. The molecule has 11 aromatic heterocycles. The molecule has 10 N–H and O–H groups in total. The van der Waals surface area contributed by atoms with Crippen molar-refractivity contribution in [3.8, 4) is 51.4 Å². The topological polar surface area (TPSA) is 514 Å². The van der Waals surface area contributed by atoms with Crippen LogP contribution in [-0.4, -0.2) is 151 Å². The number of ether oxygens (including phenoxy) is 5. The number of imidazole rings is 3. The third kappa shape index (κ3) is 23.3. The lowest BCUT2D eigenvalue weighted by Crippen LogP contribution is -2.39. The van der Waals surface area contributed by atoms with Crippen LogP contribution < -0.4 is 56.9 Å². The number of Topliss-reactive ketones (excluding diaryl/α,β-unsaturated/α-hetero) is 1. The maximum atomic E-state index is 12.7. The molecule has 5 aliphatic rings. The van der Waals surface area contributed by atoms with Crippen molar-refractivity contribution in [1.29, 1.82) is 0 Å². The van der Waals surface area contributed by atoms with Gasteiger partial charge >= 0.3 is 24.8 Å². The van der Waals surface area contributed by atoms with E-state index in [-0.39, 0.29) is 109 Å². The highest BCUT2D eigenvalue weighted by molar-refractivity contribution is 14.1. The van der Waals surface area contributed by atoms with Crippen molar-refractivity contribution in [2.24, 2.45) is 0 Å². The zero-order valence-corrected chi connectivity index (χ0v) is 80.3. The number of aromatic hydroxyl groups is 1. The Bertz CT molecular complexity index is 7220. The summed E-state index contributed by atoms with van der Waals surface area (Å²) in [4.78, 5) is 103. The van der Waals surface area contributed by atoms with Gasteiger partial charge in [-0.05, 0) is 188 Å². The third-order valence-corrected chi connectivity index (χ3v) is 23.2. The van der Waals surface area contributed by atoms with Crippen molar-refractivity contribution in [2.75, 3.05) is 54.7 Å². The van der Waals surface area contributed by atoms with Crippen LogP contribution in [0, 0.1) is 51.5 Å². The van der Waals surface area contributed by atoms with E-state index >= 15 is 0 Å². The van der Waals surface area contributed by atoms with E-state index in [4.69, 9.17) is 55.7 Å². The largest absolute Gasteiger partial charge is 0.569 e. The Balaban J connectivity index is 0.000000154. The monoisotopic (exact) mass is 2230 g/mol. The number of benzene rings is 6. The SMILES string of the molecule is Br.C.C.Cc1noc(C)c1-c1ccc2[nH]c(=O)n3c2c1OCC3c1ccccn1.Cc1noc(C)c1O[B]O.Nc1c(O)cccc1[N+](=O)[O-].Nc1cccc2c1CC(c1ccccn1)CO2.O=C(CBr)c1ccccn1.O=[N+]([O-])c1cccc2c1CC(O)(c1ccccn1)CO2.O=c1[nH]c2ccc(I)c3c2n1C(c1ccccn1)CO3.O=c1[nH]c2cccc3c2n1C(c1ccccn1)CO3.[2H]CI. The van der Waals surface area contributed by atoms with Crippen LogP contribution in [0.4, 0.5) is 22.7 Å². The molecule has 0 fully saturated rings. The number of carbonyl (C=O) groups is 1. The fourth-order valence-electron chi connectivity index (χ4n) is 15.6. The first kappa shape index (κ1) is 102. The molecular weight excluding hydrogens is 2130 g/mol. The number of hydrogen-bond donors (Lipinski definition) is 8. The Hall–Kier alpha value is -14.5. The lowest BCUT2D eigenvalue weighted by molar-refractivity contribution is -0.386. The number of para-hydroxylation sites is 2. The standard InChI is InChI=1S/C19H16N4O3.C14H10IN3O2.C14H11N3O2.C14H12N2O4.C14H14N2O.C7H6BrNO.C6H6N2O3.C5H7BNO3.CH3I.2CH4.BrH/c1-10-16(11(2)26-22-10)12-6-7-14-17-18(12)25-9-15(23(17)19(24)21-14)13-5-3-4-8-20-13;15-8-4-5-10-12-13(8)20-7-11(18(12)14(19)17-10)9-3-1-2-6-16-9;18-14-16-10-5-3-6-12-13(10)17(14)11(8-19-12)9-4-1-2-7-15-9;17-14(13-6-1-2-7-15-13)8-10-11(16(18)19)4-3-5-12(10)20-9-14;15-12-4-3-6-14-11(12)8-10(9-17-14)13-5-1-2-7-16-13;8-5-7(10)6-3-1-2-4-9-6;7-6-4(8(10)11)2-1-3-5(6)9;1-3-5(9-6-8)4(2)10-7-3;1-2;;;/h3-8,15H,9H2,1-2H3,(H,21,24);1-6,11H,7H2,(H,17,19);1-7,11H,8H2,(H,16,18);1-7,17H,8-9H2;1-7,10H,8-9,15H2;1-4H,5H2;1-3,9H,7H2;8H,1-2H3;1H3;2*1H4;1H/i;;;;;;;;1D;;;. The summed E-state index contributed by atoms with van der Waals surface area (Å²) in [6.45, 7) is 9.07. The number of aromatic nitrogens is 14. The Morgan fingerprint density at radius 3 is 1.55 bits per heavy atom. The fourth-order valence-corrected chi connectivity index (χ4v) is 16.4. The smallest absolute Gasteiger partial charge is 0.534 e. The number of nitro groups is 2. The number of phenolic OH excluding ortho intramolecular Hbond substituents is 1. The number of aryl methyl sites for hydroxylation is 4. The molecule has 0 aliphatic carbocycles. The van der Waals surface area contributed by atoms with E-state index < -0.39 is 15.4 Å². The second-order valence-corrected chi connectivity index (χ2v) is 32.0. The predicted molar refractivity (Wildman–Crippen MR) is 546 cm³/mol. The van der Waals surface area contributed by atoms with Crippen molar-refractivity contribution < 1.29 is 68.6 Å². The van der Waals surface area contributed by atoms with Gasteiger partial charge in [-0.25, -0.2) is 14.4 Å². The molecule has 16 heterocycles. The molecule has 42 heteroatoms. The molecule has 22 rings (SSSR count). The van der Waals surface area contributed by atoms with E-state index in [1.807, 2.05) is 176 Å². The number of hydrogen-bond acceptors (Lipinski definition) is 29. The minimum atomic E-state index is -1.35. The molecule has 5 unspecified atom stereocenters. The fraction of sp³-hybridized carbons (Fsp3) is 0.208. The number of halogens is 4. The lowest BCUT2D eigenvalue weighted by atomic mass is 9.88. The maximum absolute atomic E-state index is 12.7. The molecule has 1 radical (unpaired) electrons. The predicted octanol–water partition coefficient (Wildman–Crippen LogP) is 16.8. The number of aliphatic hydroxyl groups is 1. The van der Waals surface area contributed by atoms with Gasteiger partial charge in [0.1, 0.15) is 107 Å². The number of pyridine rings is 6. The summed E-state index contributed by atoms with van der Waals surface area (Å²) in [5.74, 6) is 5.34. The molecule has 0 bridgehead atoms. The van der Waals surface area contributed by atoms with E-state index in [0.29, 0.717) is 95.9 Å². The van der Waals surface area contributed by atoms with Gasteiger partial charge in [-0.2, -0.15) is 0 Å². The highest BCUT2D eigenvalue weighted by atomic mass is 127. The molecule has 17 aromatic rings. The van der Waals surface area contributed by atoms with Crippen LogP contribution in [0.2, 0.25) is 0 Å². The van der Waals surface area contributed by atoms with E-state index in [0.717, 1.165) is 117 Å². The van der Waals surface area contributed by atoms with Gasteiger partial charge in [0, 0.05) is 92.5 Å². The Labute approximate surface area is 836 Å². The average molecular weight is 2230 g/mol. The van der Waals surface area contributed by atoms with Gasteiger partial charge < -0.3 is 79.0 Å². The van der Waals surface area contributed by atoms with Crippen LogP contribution in [-0.2, 0) is 18.4 Å². The number of alkyl halides is 2. The molecule has 138 heavy (non-hydrogen) atoms. The molecule has 0 amide bonds. The number of phenols is 1. The summed E-state index contributed by atoms with van der Waals surface area (Å²) in [6, 6.07) is 60.5. The zero-order valence-electron chi connectivity index (χ0n) is 73.7. The minimum Gasteiger partial charge on any atom is -0.534 e. The minimum absolute atomic E-state index is 0. The van der Waals surface area contributed by atoms with Gasteiger partial charge in [-0.1, -0.05) is 124 Å². The van der Waals surface area contributed by atoms with E-state index in [2.05, 4.69) is 98.3 Å². The molecule has 0 saturated heterocycles. The lowest BCUT2D eigenvalue weighted by Gasteiger charge is -2.32. The van der Waals surface area contributed by atoms with Crippen molar-refractivity contribution in [3.05, 3.63) is 367 Å². The Kier molecular flexibility index (Phi) is 35.5. The zero-order chi connectivity index (χ0) is 96.3. The molecule has 0 spiro atoms. The number of nitrogens with zero attached hydrogens (tertiary/aromatic N) is 13. The highest BCUT2D eigenvalue weighted by Gasteiger charge is 2.41. The van der Waals surface area contributed by atoms with Gasteiger partial charge in [-0.15, -0.1) is 17.0 Å². The number of nitrogens with one attached hydrogen (secondary N) is 3. The summed E-state index contributed by atoms with van der Waals surface area (Å²) in [5.41, 5.74) is 23.6. The van der Waals surface area contributed by atoms with Crippen LogP contribution in [0.3, 0.4) is 0 Å². The van der Waals surface area contributed by atoms with Crippen molar-refractivity contribution in [2.45, 2.75) is 85.0 Å². The normalized spacial score (nSPS) is 15.4. The third-order valence-electron chi connectivity index (χ3n) is 21.8. The molecule has 5 atom stereocenters. The number of fused-ring (bicyclic) bond motifs is 2. The van der Waals surface area contributed by atoms with Crippen LogP contribution in [0.25, 0.3) is 44.2 Å². The number of nitro benzene ring substituents is 2. The maximum Gasteiger partial charge on any atom is 0.569 e. The number of nitrogen functional groups attached to an aromatic ring is 2. The number of ketones is 1. The first-order valence-electron chi connectivity index (χ1n) is 42.1. The number of anilines is 2. The summed E-state index contributed by atoms with van der Waals surface area (Å²) >= 11 is 7.24. The molecule has 0 saturated carbocycles.